The highest BCUT2D eigenvalue weighted by Crippen LogP contribution is 2.38. The minimum Gasteiger partial charge on any atom is -0.480 e. The Morgan fingerprint density at radius 2 is 1.57 bits per heavy atom. The largest absolute Gasteiger partial charge is 0.480 e. The Bertz CT molecular complexity index is 597. The van der Waals surface area contributed by atoms with Crippen LogP contribution in [0, 0.1) is 0 Å². The fourth-order valence-electron chi connectivity index (χ4n) is 3.20. The lowest BCUT2D eigenvalue weighted by Gasteiger charge is -2.42. The zero-order chi connectivity index (χ0) is 14.7. The van der Waals surface area contributed by atoms with Crippen LogP contribution >= 0.6 is 0 Å². The molecule has 1 N–H and O–H groups in total. The molecule has 3 nitrogen and oxygen atoms in total. The van der Waals surface area contributed by atoms with E-state index < -0.39 is 12.0 Å². The maximum Gasteiger partial charge on any atom is 0.326 e. The Kier molecular flexibility index (Phi) is 3.91. The molecule has 2 aromatic carbocycles. The lowest BCUT2D eigenvalue weighted by molar-refractivity contribution is -0.139. The van der Waals surface area contributed by atoms with Crippen molar-refractivity contribution in [3.05, 3.63) is 66.2 Å². The van der Waals surface area contributed by atoms with E-state index in [9.17, 15) is 9.90 Å². The number of carboxylic acids is 1. The third-order valence-electron chi connectivity index (χ3n) is 4.15. The first-order chi connectivity index (χ1) is 10.3. The molecule has 0 radical (unpaired) electrons. The van der Waals surface area contributed by atoms with Gasteiger partial charge in [-0.05, 0) is 37.0 Å². The lowest BCUT2D eigenvalue weighted by atomic mass is 9.90. The minimum atomic E-state index is -0.737. The minimum absolute atomic E-state index is 0.128. The van der Waals surface area contributed by atoms with Crippen LogP contribution in [-0.2, 0) is 4.79 Å². The number of carboxylic acid groups (broad SMARTS) is 1. The van der Waals surface area contributed by atoms with Crippen molar-refractivity contribution in [1.82, 2.24) is 0 Å². The van der Waals surface area contributed by atoms with Crippen LogP contribution in [0.3, 0.4) is 0 Å². The van der Waals surface area contributed by atoms with Crippen LogP contribution in [0.1, 0.15) is 30.9 Å². The number of rotatable bonds is 3. The van der Waals surface area contributed by atoms with E-state index in [1.807, 2.05) is 48.5 Å². The van der Waals surface area contributed by atoms with Gasteiger partial charge in [0, 0.05) is 5.69 Å². The number of para-hydroxylation sites is 1. The van der Waals surface area contributed by atoms with Crippen molar-refractivity contribution in [2.75, 3.05) is 4.90 Å². The molecule has 3 rings (SSSR count). The number of carbonyl (C=O) groups is 1. The molecule has 0 bridgehead atoms. The summed E-state index contributed by atoms with van der Waals surface area (Å²) in [5.74, 6) is -0.737. The number of hydrogen-bond donors (Lipinski definition) is 1. The van der Waals surface area contributed by atoms with E-state index in [2.05, 4.69) is 17.0 Å². The van der Waals surface area contributed by atoms with Gasteiger partial charge >= 0.3 is 5.97 Å². The summed E-state index contributed by atoms with van der Waals surface area (Å²) in [7, 11) is 0. The van der Waals surface area contributed by atoms with Crippen molar-refractivity contribution in [3.63, 3.8) is 0 Å². The van der Waals surface area contributed by atoms with Gasteiger partial charge in [-0.1, -0.05) is 48.5 Å². The van der Waals surface area contributed by atoms with E-state index >= 15 is 0 Å². The van der Waals surface area contributed by atoms with Gasteiger partial charge in [0.2, 0.25) is 0 Å². The zero-order valence-corrected chi connectivity index (χ0v) is 11.9. The highest BCUT2D eigenvalue weighted by molar-refractivity contribution is 5.79. The second-order valence-corrected chi connectivity index (χ2v) is 5.45. The second kappa shape index (κ2) is 6.00. The van der Waals surface area contributed by atoms with Crippen LogP contribution in [0.4, 0.5) is 5.69 Å². The van der Waals surface area contributed by atoms with Crippen LogP contribution < -0.4 is 4.90 Å². The van der Waals surface area contributed by atoms with Crippen LogP contribution in [0.15, 0.2) is 60.7 Å². The van der Waals surface area contributed by atoms with Gasteiger partial charge in [-0.15, -0.1) is 0 Å². The quantitative estimate of drug-likeness (QED) is 0.928. The Hall–Kier alpha value is -2.29. The highest BCUT2D eigenvalue weighted by Gasteiger charge is 2.35. The molecule has 1 saturated heterocycles. The number of anilines is 1. The summed E-state index contributed by atoms with van der Waals surface area (Å²) in [6, 6.07) is 19.8. The van der Waals surface area contributed by atoms with Crippen molar-refractivity contribution in [2.45, 2.75) is 31.3 Å². The number of aliphatic carboxylic acids is 1. The van der Waals surface area contributed by atoms with E-state index in [4.69, 9.17) is 0 Å². The van der Waals surface area contributed by atoms with E-state index in [-0.39, 0.29) is 6.04 Å². The molecule has 2 aromatic rings. The second-order valence-electron chi connectivity index (χ2n) is 5.45. The van der Waals surface area contributed by atoms with Crippen molar-refractivity contribution in [1.29, 1.82) is 0 Å². The monoisotopic (exact) mass is 281 g/mol. The van der Waals surface area contributed by atoms with Crippen molar-refractivity contribution in [2.24, 2.45) is 0 Å². The van der Waals surface area contributed by atoms with E-state index in [1.54, 1.807) is 0 Å². The van der Waals surface area contributed by atoms with E-state index in [1.165, 1.54) is 5.56 Å². The SMILES string of the molecule is O=C(O)C1CCCC(c2ccccc2)N1c1ccccc1. The van der Waals surface area contributed by atoms with Gasteiger partial charge in [-0.3, -0.25) is 0 Å². The normalized spacial score (nSPS) is 22.0. The van der Waals surface area contributed by atoms with E-state index in [0.29, 0.717) is 6.42 Å². The fraction of sp³-hybridized carbons (Fsp3) is 0.278. The molecular formula is C18H19NO2. The first-order valence-electron chi connectivity index (χ1n) is 7.38. The maximum atomic E-state index is 11.7. The first-order valence-corrected chi connectivity index (χ1v) is 7.38. The Morgan fingerprint density at radius 3 is 2.19 bits per heavy atom. The maximum absolute atomic E-state index is 11.7. The molecule has 2 unspecified atom stereocenters. The summed E-state index contributed by atoms with van der Waals surface area (Å²) < 4.78 is 0. The molecule has 0 aliphatic carbocycles. The van der Waals surface area contributed by atoms with Crippen LogP contribution in [-0.4, -0.2) is 17.1 Å². The Labute approximate surface area is 124 Å². The summed E-state index contributed by atoms with van der Waals surface area (Å²) in [6.07, 6.45) is 2.64. The summed E-state index contributed by atoms with van der Waals surface area (Å²) in [5, 5.41) is 9.59. The number of hydrogen-bond acceptors (Lipinski definition) is 2. The number of nitrogens with zero attached hydrogens (tertiary/aromatic N) is 1. The fourth-order valence-corrected chi connectivity index (χ4v) is 3.20. The lowest BCUT2D eigenvalue weighted by Crippen LogP contribution is -2.46. The third-order valence-corrected chi connectivity index (χ3v) is 4.15. The number of benzene rings is 2. The molecule has 1 fully saturated rings. The van der Waals surface area contributed by atoms with Crippen LogP contribution in [0.2, 0.25) is 0 Å². The molecule has 0 spiro atoms. The van der Waals surface area contributed by atoms with Gasteiger partial charge < -0.3 is 10.0 Å². The van der Waals surface area contributed by atoms with Gasteiger partial charge in [-0.2, -0.15) is 0 Å². The van der Waals surface area contributed by atoms with Gasteiger partial charge in [-0.25, -0.2) is 4.79 Å². The van der Waals surface area contributed by atoms with Crippen LogP contribution in [0.5, 0.6) is 0 Å². The first kappa shape index (κ1) is 13.7. The average molecular weight is 281 g/mol. The molecule has 1 aliphatic heterocycles. The molecule has 1 heterocycles. The van der Waals surface area contributed by atoms with Crippen molar-refractivity contribution in [3.8, 4) is 0 Å². The van der Waals surface area contributed by atoms with E-state index in [0.717, 1.165) is 18.5 Å². The smallest absolute Gasteiger partial charge is 0.326 e. The van der Waals surface area contributed by atoms with Gasteiger partial charge in [0.1, 0.15) is 6.04 Å². The highest BCUT2D eigenvalue weighted by atomic mass is 16.4. The molecular weight excluding hydrogens is 262 g/mol. The predicted octanol–water partition coefficient (Wildman–Crippen LogP) is 3.87. The average Bonchev–Trinajstić information content (AvgIpc) is 2.55. The van der Waals surface area contributed by atoms with Gasteiger partial charge in [0.15, 0.2) is 0 Å². The zero-order valence-electron chi connectivity index (χ0n) is 11.9. The summed E-state index contributed by atoms with van der Waals surface area (Å²) in [6.45, 7) is 0. The molecule has 21 heavy (non-hydrogen) atoms. The molecule has 108 valence electrons. The Morgan fingerprint density at radius 1 is 0.952 bits per heavy atom. The summed E-state index contributed by atoms with van der Waals surface area (Å²) in [4.78, 5) is 13.7. The van der Waals surface area contributed by atoms with Crippen LogP contribution in [0.25, 0.3) is 0 Å². The summed E-state index contributed by atoms with van der Waals surface area (Å²) >= 11 is 0. The van der Waals surface area contributed by atoms with Gasteiger partial charge in [0.05, 0.1) is 6.04 Å². The van der Waals surface area contributed by atoms with Crippen molar-refractivity contribution < 1.29 is 9.90 Å². The topological polar surface area (TPSA) is 40.5 Å². The molecule has 0 saturated carbocycles. The number of piperidine rings is 1. The molecule has 1 aliphatic rings. The standard InChI is InChI=1S/C18H19NO2/c20-18(21)17-13-7-12-16(14-8-3-1-4-9-14)19(17)15-10-5-2-6-11-15/h1-6,8-11,16-17H,7,12-13H2,(H,20,21). The molecule has 2 atom stereocenters. The molecule has 3 heteroatoms. The molecule has 0 amide bonds. The molecule has 0 aromatic heterocycles. The Balaban J connectivity index is 2.02. The summed E-state index contributed by atoms with van der Waals surface area (Å²) in [5.41, 5.74) is 2.17. The van der Waals surface area contributed by atoms with Gasteiger partial charge in [0.25, 0.3) is 0 Å². The third kappa shape index (κ3) is 2.77. The predicted molar refractivity (Wildman–Crippen MR) is 83.4 cm³/mol. The van der Waals surface area contributed by atoms with Crippen molar-refractivity contribution >= 4 is 11.7 Å².